The molecule has 0 saturated carbocycles. The van der Waals surface area contributed by atoms with Gasteiger partial charge < -0.3 is 11.1 Å². The first-order chi connectivity index (χ1) is 10.6. The molecule has 1 amide bonds. The van der Waals surface area contributed by atoms with E-state index in [0.29, 0.717) is 5.69 Å². The van der Waals surface area contributed by atoms with E-state index in [2.05, 4.69) is 15.4 Å². The molecule has 6 heteroatoms. The Kier molecular flexibility index (Phi) is 3.94. The standard InChI is InChI=1S/C16H21N5O/c1-10-4-3-5-13(17)11-6-12(8-18-7-11)15-14(20-16(10)22)9-19-21(15)2/h6-10,13H,3-5,17H2,1-2H3,(H,20,22)/t10-,13+/m1/s1. The van der Waals surface area contributed by atoms with Crippen molar-refractivity contribution in [2.24, 2.45) is 18.7 Å². The third-order valence-electron chi connectivity index (χ3n) is 4.26. The maximum absolute atomic E-state index is 12.3. The van der Waals surface area contributed by atoms with E-state index in [4.69, 9.17) is 5.73 Å². The van der Waals surface area contributed by atoms with E-state index < -0.39 is 0 Å². The summed E-state index contributed by atoms with van der Waals surface area (Å²) < 4.78 is 1.75. The Morgan fingerprint density at radius 1 is 1.32 bits per heavy atom. The van der Waals surface area contributed by atoms with Crippen molar-refractivity contribution in [1.29, 1.82) is 0 Å². The molecule has 0 unspecified atom stereocenters. The molecule has 3 heterocycles. The molecule has 0 radical (unpaired) electrons. The van der Waals surface area contributed by atoms with Gasteiger partial charge in [0.25, 0.3) is 0 Å². The van der Waals surface area contributed by atoms with E-state index in [1.165, 1.54) is 0 Å². The second-order valence-electron chi connectivity index (χ2n) is 5.97. The van der Waals surface area contributed by atoms with Gasteiger partial charge in [0.05, 0.1) is 17.6 Å². The highest BCUT2D eigenvalue weighted by atomic mass is 16.1. The van der Waals surface area contributed by atoms with Crippen LogP contribution in [-0.2, 0) is 11.8 Å². The molecule has 0 saturated heterocycles. The minimum absolute atomic E-state index is 0.0208. The van der Waals surface area contributed by atoms with E-state index in [9.17, 15) is 4.79 Å². The zero-order valence-electron chi connectivity index (χ0n) is 12.9. The van der Waals surface area contributed by atoms with Crippen LogP contribution in [0, 0.1) is 5.92 Å². The second-order valence-corrected chi connectivity index (χ2v) is 5.97. The topological polar surface area (TPSA) is 85.8 Å². The first-order valence-electron chi connectivity index (χ1n) is 7.60. The lowest BCUT2D eigenvalue weighted by Crippen LogP contribution is -2.21. The minimum Gasteiger partial charge on any atom is -0.324 e. The summed E-state index contributed by atoms with van der Waals surface area (Å²) in [6.07, 6.45) is 7.86. The molecule has 2 bridgehead atoms. The lowest BCUT2D eigenvalue weighted by atomic mass is 9.96. The van der Waals surface area contributed by atoms with Gasteiger partial charge >= 0.3 is 0 Å². The summed E-state index contributed by atoms with van der Waals surface area (Å²) in [6, 6.07) is 1.98. The Morgan fingerprint density at radius 2 is 2.14 bits per heavy atom. The van der Waals surface area contributed by atoms with Gasteiger partial charge in [-0.2, -0.15) is 5.10 Å². The Morgan fingerprint density at radius 3 is 2.95 bits per heavy atom. The summed E-state index contributed by atoms with van der Waals surface area (Å²) in [5.74, 6) is -0.0244. The van der Waals surface area contributed by atoms with Crippen LogP contribution in [0.3, 0.4) is 0 Å². The molecule has 1 aliphatic heterocycles. The zero-order chi connectivity index (χ0) is 15.7. The molecule has 22 heavy (non-hydrogen) atoms. The number of aryl methyl sites for hydroxylation is 1. The summed E-state index contributed by atoms with van der Waals surface area (Å²) in [6.45, 7) is 1.95. The van der Waals surface area contributed by atoms with Gasteiger partial charge in [0.1, 0.15) is 0 Å². The van der Waals surface area contributed by atoms with Gasteiger partial charge in [-0.25, -0.2) is 0 Å². The quantitative estimate of drug-likeness (QED) is 0.781. The predicted molar refractivity (Wildman–Crippen MR) is 85.0 cm³/mol. The van der Waals surface area contributed by atoms with Gasteiger partial charge in [-0.05, 0) is 24.5 Å². The maximum atomic E-state index is 12.3. The van der Waals surface area contributed by atoms with Crippen molar-refractivity contribution >= 4 is 11.6 Å². The monoisotopic (exact) mass is 299 g/mol. The Labute approximate surface area is 129 Å². The second kappa shape index (κ2) is 5.88. The molecule has 1 aliphatic rings. The highest BCUT2D eigenvalue weighted by Gasteiger charge is 2.20. The van der Waals surface area contributed by atoms with Crippen molar-refractivity contribution in [2.75, 3.05) is 5.32 Å². The Hall–Kier alpha value is -2.21. The van der Waals surface area contributed by atoms with E-state index in [1.807, 2.05) is 26.2 Å². The average Bonchev–Trinajstić information content (AvgIpc) is 2.87. The lowest BCUT2D eigenvalue weighted by Gasteiger charge is -2.18. The first-order valence-corrected chi connectivity index (χ1v) is 7.60. The zero-order valence-corrected chi connectivity index (χ0v) is 12.9. The first kappa shape index (κ1) is 14.7. The fourth-order valence-electron chi connectivity index (χ4n) is 2.86. The van der Waals surface area contributed by atoms with Crippen molar-refractivity contribution in [3.8, 4) is 11.3 Å². The average molecular weight is 299 g/mol. The van der Waals surface area contributed by atoms with E-state index in [-0.39, 0.29) is 17.9 Å². The lowest BCUT2D eigenvalue weighted by molar-refractivity contribution is -0.119. The molecule has 0 aliphatic carbocycles. The van der Waals surface area contributed by atoms with Gasteiger partial charge in [0, 0.05) is 37.0 Å². The fraction of sp³-hybridized carbons (Fsp3) is 0.438. The van der Waals surface area contributed by atoms with Crippen molar-refractivity contribution in [3.05, 3.63) is 30.2 Å². The molecule has 2 aromatic rings. The Balaban J connectivity index is 2.10. The van der Waals surface area contributed by atoms with E-state index in [0.717, 1.165) is 36.1 Å². The van der Waals surface area contributed by atoms with E-state index >= 15 is 0 Å². The summed E-state index contributed by atoms with van der Waals surface area (Å²) >= 11 is 0. The number of amides is 1. The third-order valence-corrected chi connectivity index (χ3v) is 4.26. The Bertz CT molecular complexity index is 694. The molecule has 0 spiro atoms. The number of fused-ring (bicyclic) bond motifs is 4. The number of hydrogen-bond donors (Lipinski definition) is 2. The molecule has 3 N–H and O–H groups in total. The summed E-state index contributed by atoms with van der Waals surface area (Å²) in [7, 11) is 1.85. The van der Waals surface area contributed by atoms with Crippen molar-refractivity contribution in [3.63, 3.8) is 0 Å². The van der Waals surface area contributed by atoms with Crippen LogP contribution in [0.5, 0.6) is 0 Å². The van der Waals surface area contributed by atoms with Gasteiger partial charge in [0.2, 0.25) is 5.91 Å². The van der Waals surface area contributed by atoms with Crippen LogP contribution >= 0.6 is 0 Å². The highest BCUT2D eigenvalue weighted by Crippen LogP contribution is 2.30. The van der Waals surface area contributed by atoms with Crippen molar-refractivity contribution < 1.29 is 4.79 Å². The van der Waals surface area contributed by atoms with Crippen LogP contribution in [0.25, 0.3) is 11.3 Å². The number of rotatable bonds is 0. The fourth-order valence-corrected chi connectivity index (χ4v) is 2.86. The molecule has 2 atom stereocenters. The van der Waals surface area contributed by atoms with Gasteiger partial charge in [-0.15, -0.1) is 0 Å². The molecule has 0 aromatic carbocycles. The molecule has 2 aromatic heterocycles. The number of carbonyl (C=O) groups is 1. The van der Waals surface area contributed by atoms with Crippen LogP contribution in [0.15, 0.2) is 24.7 Å². The SMILES string of the molecule is C[C@@H]1CCC[C@H](N)c2cncc(c2)-c2c(cnn2C)NC1=O. The molecule has 3 rings (SSSR count). The van der Waals surface area contributed by atoms with E-state index in [1.54, 1.807) is 17.1 Å². The number of hydrogen-bond acceptors (Lipinski definition) is 4. The predicted octanol–water partition coefficient (Wildman–Crippen LogP) is 2.24. The number of aromatic nitrogens is 3. The maximum Gasteiger partial charge on any atom is 0.227 e. The summed E-state index contributed by atoms with van der Waals surface area (Å²) in [4.78, 5) is 16.6. The largest absolute Gasteiger partial charge is 0.324 e. The molecular weight excluding hydrogens is 278 g/mol. The van der Waals surface area contributed by atoms with Gasteiger partial charge in [-0.1, -0.05) is 13.3 Å². The number of nitrogens with zero attached hydrogens (tertiary/aromatic N) is 3. The van der Waals surface area contributed by atoms with Gasteiger partial charge in [0.15, 0.2) is 0 Å². The van der Waals surface area contributed by atoms with Crippen LogP contribution < -0.4 is 11.1 Å². The van der Waals surface area contributed by atoms with Crippen molar-refractivity contribution in [1.82, 2.24) is 14.8 Å². The number of anilines is 1. The minimum atomic E-state index is -0.0567. The summed E-state index contributed by atoms with van der Waals surface area (Å²) in [5.41, 5.74) is 9.77. The number of carbonyl (C=O) groups excluding carboxylic acids is 1. The molecular formula is C16H21N5O. The van der Waals surface area contributed by atoms with Crippen LogP contribution in [0.4, 0.5) is 5.69 Å². The van der Waals surface area contributed by atoms with Crippen LogP contribution in [-0.4, -0.2) is 20.7 Å². The van der Waals surface area contributed by atoms with Crippen LogP contribution in [0.1, 0.15) is 37.8 Å². The third kappa shape index (κ3) is 2.74. The number of nitrogens with two attached hydrogens (primary N) is 1. The smallest absolute Gasteiger partial charge is 0.227 e. The molecule has 0 fully saturated rings. The van der Waals surface area contributed by atoms with Gasteiger partial charge in [-0.3, -0.25) is 14.5 Å². The number of pyridine rings is 1. The number of nitrogens with one attached hydrogen (secondary N) is 1. The van der Waals surface area contributed by atoms with Crippen molar-refractivity contribution in [2.45, 2.75) is 32.2 Å². The summed E-state index contributed by atoms with van der Waals surface area (Å²) in [5, 5.41) is 7.25. The molecule has 116 valence electrons. The normalized spacial score (nSPS) is 22.2. The van der Waals surface area contributed by atoms with Crippen LogP contribution in [0.2, 0.25) is 0 Å². The highest BCUT2D eigenvalue weighted by molar-refractivity contribution is 5.95. The molecule has 6 nitrogen and oxygen atoms in total.